The zero-order chi connectivity index (χ0) is 27.4. The molecular weight excluding hydrogens is 492 g/mol. The Morgan fingerprint density at radius 3 is 2.54 bits per heavy atom. The topological polar surface area (TPSA) is 111 Å². The second kappa shape index (κ2) is 11.7. The van der Waals surface area contributed by atoms with Gasteiger partial charge in [-0.05, 0) is 68.1 Å². The fourth-order valence-electron chi connectivity index (χ4n) is 5.63. The molecule has 2 aromatic carbocycles. The normalized spacial score (nSPS) is 15.9. The van der Waals surface area contributed by atoms with Crippen LogP contribution in [0.3, 0.4) is 0 Å². The molecule has 1 saturated heterocycles. The highest BCUT2D eigenvalue weighted by Crippen LogP contribution is 2.30. The number of anilines is 2. The molecule has 2 heterocycles. The van der Waals surface area contributed by atoms with Crippen LogP contribution >= 0.6 is 0 Å². The van der Waals surface area contributed by atoms with Gasteiger partial charge in [0, 0.05) is 50.3 Å². The second-order valence-corrected chi connectivity index (χ2v) is 10.5. The van der Waals surface area contributed by atoms with Gasteiger partial charge in [-0.2, -0.15) is 5.26 Å². The SMILES string of the molecule is CN(C(=O)C1CCCCC1)c1ccc2c(c1)nc(NC(=O)c1ccc(C#N)cc1)n2CCCN1CCCC1=O. The highest BCUT2D eigenvalue weighted by Gasteiger charge is 2.26. The summed E-state index contributed by atoms with van der Waals surface area (Å²) in [6.45, 7) is 2.01. The summed E-state index contributed by atoms with van der Waals surface area (Å²) in [5.74, 6) is 0.474. The predicted molar refractivity (Wildman–Crippen MR) is 149 cm³/mol. The number of hydrogen-bond acceptors (Lipinski definition) is 5. The fourth-order valence-corrected chi connectivity index (χ4v) is 5.63. The van der Waals surface area contributed by atoms with Crippen molar-refractivity contribution in [3.05, 3.63) is 53.6 Å². The molecule has 1 aliphatic carbocycles. The number of hydrogen-bond donors (Lipinski definition) is 1. The van der Waals surface area contributed by atoms with Gasteiger partial charge in [0.15, 0.2) is 0 Å². The maximum Gasteiger partial charge on any atom is 0.257 e. The van der Waals surface area contributed by atoms with Crippen LogP contribution in [0.5, 0.6) is 0 Å². The number of amides is 3. The van der Waals surface area contributed by atoms with E-state index in [2.05, 4.69) is 11.4 Å². The van der Waals surface area contributed by atoms with E-state index in [1.807, 2.05) is 34.7 Å². The van der Waals surface area contributed by atoms with E-state index >= 15 is 0 Å². The van der Waals surface area contributed by atoms with Crippen LogP contribution < -0.4 is 10.2 Å². The molecule has 2 fully saturated rings. The third-order valence-electron chi connectivity index (χ3n) is 7.89. The summed E-state index contributed by atoms with van der Waals surface area (Å²) < 4.78 is 1.96. The molecule has 9 nitrogen and oxygen atoms in total. The zero-order valence-corrected chi connectivity index (χ0v) is 22.4. The third-order valence-corrected chi connectivity index (χ3v) is 7.89. The lowest BCUT2D eigenvalue weighted by Crippen LogP contribution is -2.33. The van der Waals surface area contributed by atoms with E-state index in [0.29, 0.717) is 42.1 Å². The summed E-state index contributed by atoms with van der Waals surface area (Å²) in [4.78, 5) is 46.6. The zero-order valence-electron chi connectivity index (χ0n) is 22.4. The van der Waals surface area contributed by atoms with Crippen LogP contribution in [0.15, 0.2) is 42.5 Å². The minimum Gasteiger partial charge on any atom is -0.343 e. The number of likely N-dealkylation sites (tertiary alicyclic amines) is 1. The van der Waals surface area contributed by atoms with Crippen molar-refractivity contribution >= 4 is 40.4 Å². The maximum atomic E-state index is 13.1. The molecule has 0 atom stereocenters. The number of carbonyl (C=O) groups is 3. The number of nitrogens with zero attached hydrogens (tertiary/aromatic N) is 5. The van der Waals surface area contributed by atoms with Crippen molar-refractivity contribution in [3.8, 4) is 6.07 Å². The molecule has 202 valence electrons. The monoisotopic (exact) mass is 526 g/mol. The first-order chi connectivity index (χ1) is 18.9. The van der Waals surface area contributed by atoms with E-state index < -0.39 is 0 Å². The first-order valence-corrected chi connectivity index (χ1v) is 13.8. The number of nitrogens with one attached hydrogen (secondary N) is 1. The van der Waals surface area contributed by atoms with E-state index in [1.165, 1.54) is 6.42 Å². The predicted octanol–water partition coefficient (Wildman–Crippen LogP) is 4.72. The van der Waals surface area contributed by atoms with Crippen molar-refractivity contribution in [1.29, 1.82) is 5.26 Å². The van der Waals surface area contributed by atoms with Gasteiger partial charge >= 0.3 is 0 Å². The molecule has 39 heavy (non-hydrogen) atoms. The Bertz CT molecular complexity index is 1410. The van der Waals surface area contributed by atoms with Gasteiger partial charge in [-0.15, -0.1) is 0 Å². The first kappa shape index (κ1) is 26.4. The van der Waals surface area contributed by atoms with Crippen molar-refractivity contribution in [1.82, 2.24) is 14.5 Å². The molecule has 2 aliphatic rings. The molecule has 9 heteroatoms. The average Bonchev–Trinajstić information content (AvgIpc) is 3.54. The minimum absolute atomic E-state index is 0.0626. The highest BCUT2D eigenvalue weighted by atomic mass is 16.2. The Labute approximate surface area is 228 Å². The third kappa shape index (κ3) is 5.80. The van der Waals surface area contributed by atoms with Crippen molar-refractivity contribution in [2.45, 2.75) is 57.9 Å². The van der Waals surface area contributed by atoms with Gasteiger partial charge in [0.2, 0.25) is 17.8 Å². The molecule has 0 unspecified atom stereocenters. The Morgan fingerprint density at radius 1 is 1.08 bits per heavy atom. The van der Waals surface area contributed by atoms with E-state index in [0.717, 1.165) is 56.3 Å². The van der Waals surface area contributed by atoms with E-state index in [4.69, 9.17) is 10.2 Å². The molecule has 3 aromatic rings. The standard InChI is InChI=1S/C30H34N6O3/c1-34(29(39)23-7-3-2-4-8-23)24-14-15-26-25(19-24)32-30(33-28(38)22-12-10-21(20-31)11-13-22)36(26)18-6-17-35-16-5-9-27(35)37/h10-15,19,23H,2-9,16-18H2,1H3,(H,32,33,38). The number of nitriles is 1. The lowest BCUT2D eigenvalue weighted by molar-refractivity contribution is -0.127. The van der Waals surface area contributed by atoms with E-state index in [1.54, 1.807) is 29.2 Å². The van der Waals surface area contributed by atoms with Crippen molar-refractivity contribution in [3.63, 3.8) is 0 Å². The minimum atomic E-state index is -0.324. The van der Waals surface area contributed by atoms with Crippen molar-refractivity contribution < 1.29 is 14.4 Å². The quantitative estimate of drug-likeness (QED) is 0.457. The number of imidazole rings is 1. The summed E-state index contributed by atoms with van der Waals surface area (Å²) in [7, 11) is 1.82. The smallest absolute Gasteiger partial charge is 0.257 e. The Hall–Kier alpha value is -4.19. The summed E-state index contributed by atoms with van der Waals surface area (Å²) in [5.41, 5.74) is 3.21. The van der Waals surface area contributed by atoms with E-state index in [-0.39, 0.29) is 23.6 Å². The molecule has 0 radical (unpaired) electrons. The lowest BCUT2D eigenvalue weighted by atomic mass is 9.88. The maximum absolute atomic E-state index is 13.1. The molecule has 0 bridgehead atoms. The Morgan fingerprint density at radius 2 is 1.85 bits per heavy atom. The summed E-state index contributed by atoms with van der Waals surface area (Å²) in [6.07, 6.45) is 7.48. The van der Waals surface area contributed by atoms with Crippen LogP contribution in [-0.2, 0) is 16.1 Å². The van der Waals surface area contributed by atoms with Crippen LogP contribution in [0, 0.1) is 17.2 Å². The second-order valence-electron chi connectivity index (χ2n) is 10.5. The average molecular weight is 527 g/mol. The Kier molecular flexibility index (Phi) is 7.92. The molecule has 3 amide bonds. The number of rotatable bonds is 8. The van der Waals surface area contributed by atoms with Crippen molar-refractivity contribution in [2.24, 2.45) is 5.92 Å². The van der Waals surface area contributed by atoms with Gasteiger partial charge < -0.3 is 14.4 Å². The number of fused-ring (bicyclic) bond motifs is 1. The summed E-state index contributed by atoms with van der Waals surface area (Å²) >= 11 is 0. The van der Waals surface area contributed by atoms with Crippen LogP contribution in [0.2, 0.25) is 0 Å². The molecule has 5 rings (SSSR count). The highest BCUT2D eigenvalue weighted by molar-refractivity contribution is 6.04. The van der Waals surface area contributed by atoms with Crippen LogP contribution in [0.1, 0.15) is 67.3 Å². The van der Waals surface area contributed by atoms with Gasteiger partial charge in [-0.3, -0.25) is 19.7 Å². The number of benzene rings is 2. The fraction of sp³-hybridized carbons (Fsp3) is 0.433. The van der Waals surface area contributed by atoms with E-state index in [9.17, 15) is 14.4 Å². The Balaban J connectivity index is 1.40. The molecule has 1 aliphatic heterocycles. The molecule has 0 spiro atoms. The molecule has 1 aromatic heterocycles. The van der Waals surface area contributed by atoms with Gasteiger partial charge in [0.25, 0.3) is 5.91 Å². The lowest BCUT2D eigenvalue weighted by Gasteiger charge is -2.26. The summed E-state index contributed by atoms with van der Waals surface area (Å²) in [6, 6.07) is 14.3. The van der Waals surface area contributed by atoms with Gasteiger partial charge in [-0.25, -0.2) is 4.98 Å². The number of aromatic nitrogens is 2. The molecular formula is C30H34N6O3. The molecule has 1 N–H and O–H groups in total. The van der Waals surface area contributed by atoms with Crippen LogP contribution in [0.25, 0.3) is 11.0 Å². The number of aryl methyl sites for hydroxylation is 1. The summed E-state index contributed by atoms with van der Waals surface area (Å²) in [5, 5.41) is 12.0. The largest absolute Gasteiger partial charge is 0.343 e. The van der Waals surface area contributed by atoms with Crippen molar-refractivity contribution in [2.75, 3.05) is 30.4 Å². The molecule has 1 saturated carbocycles. The van der Waals surface area contributed by atoms with Crippen LogP contribution in [-0.4, -0.2) is 52.3 Å². The van der Waals surface area contributed by atoms with Gasteiger partial charge in [-0.1, -0.05) is 19.3 Å². The van der Waals surface area contributed by atoms with Crippen LogP contribution in [0.4, 0.5) is 11.6 Å². The number of carbonyl (C=O) groups excluding carboxylic acids is 3. The first-order valence-electron chi connectivity index (χ1n) is 13.8. The van der Waals surface area contributed by atoms with Gasteiger partial charge in [0.05, 0.1) is 22.7 Å². The van der Waals surface area contributed by atoms with Gasteiger partial charge in [0.1, 0.15) is 0 Å².